The highest BCUT2D eigenvalue weighted by Crippen LogP contribution is 2.18. The summed E-state index contributed by atoms with van der Waals surface area (Å²) in [6.07, 6.45) is 1.63. The number of halogens is 1. The van der Waals surface area contributed by atoms with Gasteiger partial charge in [0.25, 0.3) is 0 Å². The summed E-state index contributed by atoms with van der Waals surface area (Å²) in [7, 11) is -3.55. The van der Waals surface area contributed by atoms with Crippen LogP contribution in [0, 0.1) is 5.82 Å². The first-order valence-corrected chi connectivity index (χ1v) is 8.50. The standard InChI is InChI=1S/C15H17FN2O3S/c16-13-3-5-15(6-4-13)22(19,20)18-9-7-17(8-10-18)12-14-2-1-11-21-14/h1-6,11H,7-10,12H2. The third kappa shape index (κ3) is 3.21. The van der Waals surface area contributed by atoms with Crippen LogP contribution in [0.5, 0.6) is 0 Å². The highest BCUT2D eigenvalue weighted by Gasteiger charge is 2.28. The predicted octanol–water partition coefficient (Wildman–Crippen LogP) is 1.93. The van der Waals surface area contributed by atoms with Crippen molar-refractivity contribution in [1.82, 2.24) is 9.21 Å². The molecular weight excluding hydrogens is 307 g/mol. The van der Waals surface area contributed by atoms with Crippen molar-refractivity contribution < 1.29 is 17.2 Å². The Bertz CT molecular complexity index is 706. The van der Waals surface area contributed by atoms with Crippen LogP contribution in [-0.4, -0.2) is 43.8 Å². The van der Waals surface area contributed by atoms with Crippen LogP contribution < -0.4 is 0 Å². The van der Waals surface area contributed by atoms with E-state index in [0.717, 1.165) is 5.76 Å². The smallest absolute Gasteiger partial charge is 0.243 e. The van der Waals surface area contributed by atoms with Crippen molar-refractivity contribution in [3.8, 4) is 0 Å². The number of hydrogen-bond acceptors (Lipinski definition) is 4. The van der Waals surface area contributed by atoms with E-state index in [2.05, 4.69) is 4.90 Å². The Kier molecular flexibility index (Phi) is 4.28. The van der Waals surface area contributed by atoms with Crippen LogP contribution >= 0.6 is 0 Å². The van der Waals surface area contributed by atoms with E-state index in [1.807, 2.05) is 12.1 Å². The quantitative estimate of drug-likeness (QED) is 0.862. The Morgan fingerprint density at radius 1 is 1.05 bits per heavy atom. The summed E-state index contributed by atoms with van der Waals surface area (Å²) in [5.41, 5.74) is 0. The van der Waals surface area contributed by atoms with Crippen molar-refractivity contribution in [2.45, 2.75) is 11.4 Å². The zero-order chi connectivity index (χ0) is 15.6. The van der Waals surface area contributed by atoms with Crippen LogP contribution in [0.15, 0.2) is 52.0 Å². The topological polar surface area (TPSA) is 53.8 Å². The highest BCUT2D eigenvalue weighted by atomic mass is 32.2. The van der Waals surface area contributed by atoms with Crippen molar-refractivity contribution in [2.75, 3.05) is 26.2 Å². The van der Waals surface area contributed by atoms with E-state index in [9.17, 15) is 12.8 Å². The van der Waals surface area contributed by atoms with E-state index < -0.39 is 15.8 Å². The van der Waals surface area contributed by atoms with E-state index in [1.54, 1.807) is 6.26 Å². The molecule has 1 saturated heterocycles. The fraction of sp³-hybridized carbons (Fsp3) is 0.333. The second kappa shape index (κ2) is 6.20. The molecule has 0 unspecified atom stereocenters. The van der Waals surface area contributed by atoms with Gasteiger partial charge >= 0.3 is 0 Å². The van der Waals surface area contributed by atoms with Gasteiger partial charge in [-0.1, -0.05) is 0 Å². The van der Waals surface area contributed by atoms with Gasteiger partial charge in [0.2, 0.25) is 10.0 Å². The molecule has 2 aromatic rings. The SMILES string of the molecule is O=S(=O)(c1ccc(F)cc1)N1CCN(Cc2ccco2)CC1. The van der Waals surface area contributed by atoms with Gasteiger partial charge in [-0.25, -0.2) is 12.8 Å². The van der Waals surface area contributed by atoms with Crippen molar-refractivity contribution >= 4 is 10.0 Å². The average Bonchev–Trinajstić information content (AvgIpc) is 3.01. The number of sulfonamides is 1. The molecule has 7 heteroatoms. The lowest BCUT2D eigenvalue weighted by atomic mass is 10.3. The molecule has 0 aliphatic carbocycles. The minimum Gasteiger partial charge on any atom is -0.468 e. The van der Waals surface area contributed by atoms with Crippen molar-refractivity contribution in [3.05, 3.63) is 54.2 Å². The Balaban J connectivity index is 1.64. The van der Waals surface area contributed by atoms with E-state index in [-0.39, 0.29) is 4.90 Å². The molecule has 0 saturated carbocycles. The molecule has 0 amide bonds. The van der Waals surface area contributed by atoms with Gasteiger partial charge in [-0.2, -0.15) is 4.31 Å². The van der Waals surface area contributed by atoms with E-state index in [4.69, 9.17) is 4.42 Å². The van der Waals surface area contributed by atoms with Gasteiger partial charge < -0.3 is 4.42 Å². The Labute approximate surface area is 129 Å². The molecule has 1 aromatic heterocycles. The van der Waals surface area contributed by atoms with Gasteiger partial charge in [-0.05, 0) is 36.4 Å². The van der Waals surface area contributed by atoms with Gasteiger partial charge in [-0.3, -0.25) is 4.90 Å². The van der Waals surface area contributed by atoms with Gasteiger partial charge in [0, 0.05) is 26.2 Å². The predicted molar refractivity (Wildman–Crippen MR) is 79.1 cm³/mol. The molecule has 0 bridgehead atoms. The summed E-state index contributed by atoms with van der Waals surface area (Å²) >= 11 is 0. The molecule has 1 aromatic carbocycles. The largest absolute Gasteiger partial charge is 0.468 e. The average molecular weight is 324 g/mol. The summed E-state index contributed by atoms with van der Waals surface area (Å²) in [5, 5.41) is 0. The molecule has 1 aliphatic rings. The second-order valence-electron chi connectivity index (χ2n) is 5.21. The molecule has 2 heterocycles. The first-order valence-electron chi connectivity index (χ1n) is 7.06. The molecular formula is C15H17FN2O3S. The maximum atomic E-state index is 12.9. The lowest BCUT2D eigenvalue weighted by Gasteiger charge is -2.33. The van der Waals surface area contributed by atoms with Gasteiger partial charge in [0.1, 0.15) is 11.6 Å². The summed E-state index contributed by atoms with van der Waals surface area (Å²) in [5.74, 6) is 0.428. The maximum Gasteiger partial charge on any atom is 0.243 e. The highest BCUT2D eigenvalue weighted by molar-refractivity contribution is 7.89. The van der Waals surface area contributed by atoms with E-state index >= 15 is 0 Å². The molecule has 1 fully saturated rings. The number of nitrogens with zero attached hydrogens (tertiary/aromatic N) is 2. The summed E-state index contributed by atoms with van der Waals surface area (Å²) < 4.78 is 44.6. The first kappa shape index (κ1) is 15.2. The molecule has 1 aliphatic heterocycles. The normalized spacial score (nSPS) is 17.7. The van der Waals surface area contributed by atoms with Crippen LogP contribution in [0.25, 0.3) is 0 Å². The molecule has 22 heavy (non-hydrogen) atoms. The number of benzene rings is 1. The van der Waals surface area contributed by atoms with Crippen molar-refractivity contribution in [1.29, 1.82) is 0 Å². The van der Waals surface area contributed by atoms with Crippen LogP contribution in [0.2, 0.25) is 0 Å². The number of piperazine rings is 1. The summed E-state index contributed by atoms with van der Waals surface area (Å²) in [6, 6.07) is 8.69. The third-order valence-corrected chi connectivity index (χ3v) is 5.66. The molecule has 0 atom stereocenters. The monoisotopic (exact) mass is 324 g/mol. The zero-order valence-corrected chi connectivity index (χ0v) is 12.8. The van der Waals surface area contributed by atoms with Crippen LogP contribution in [0.4, 0.5) is 4.39 Å². The molecule has 0 spiro atoms. The molecule has 118 valence electrons. The minimum absolute atomic E-state index is 0.133. The lowest BCUT2D eigenvalue weighted by molar-refractivity contribution is 0.171. The maximum absolute atomic E-state index is 12.9. The fourth-order valence-corrected chi connectivity index (χ4v) is 3.93. The fourth-order valence-electron chi connectivity index (χ4n) is 2.51. The van der Waals surface area contributed by atoms with Gasteiger partial charge in [-0.15, -0.1) is 0 Å². The van der Waals surface area contributed by atoms with Crippen LogP contribution in [-0.2, 0) is 16.6 Å². The van der Waals surface area contributed by atoms with E-state index in [1.165, 1.54) is 28.6 Å². The van der Waals surface area contributed by atoms with Crippen molar-refractivity contribution in [3.63, 3.8) is 0 Å². The van der Waals surface area contributed by atoms with Crippen LogP contribution in [0.3, 0.4) is 0 Å². The molecule has 0 radical (unpaired) electrons. The van der Waals surface area contributed by atoms with E-state index in [0.29, 0.717) is 32.7 Å². The minimum atomic E-state index is -3.55. The molecule has 5 nitrogen and oxygen atoms in total. The molecule has 3 rings (SSSR count). The Morgan fingerprint density at radius 2 is 1.73 bits per heavy atom. The van der Waals surface area contributed by atoms with Gasteiger partial charge in [0.05, 0.1) is 17.7 Å². The summed E-state index contributed by atoms with van der Waals surface area (Å²) in [6.45, 7) is 2.79. The lowest BCUT2D eigenvalue weighted by Crippen LogP contribution is -2.48. The van der Waals surface area contributed by atoms with Crippen molar-refractivity contribution in [2.24, 2.45) is 0 Å². The van der Waals surface area contributed by atoms with Crippen LogP contribution in [0.1, 0.15) is 5.76 Å². The number of rotatable bonds is 4. The zero-order valence-electron chi connectivity index (χ0n) is 12.0. The van der Waals surface area contributed by atoms with Gasteiger partial charge in [0.15, 0.2) is 0 Å². The third-order valence-electron chi connectivity index (χ3n) is 3.74. The number of furan rings is 1. The number of hydrogen-bond donors (Lipinski definition) is 0. The molecule has 0 N–H and O–H groups in total. The Hall–Kier alpha value is -1.70. The summed E-state index contributed by atoms with van der Waals surface area (Å²) in [4.78, 5) is 2.28. The second-order valence-corrected chi connectivity index (χ2v) is 7.15. The Morgan fingerprint density at radius 3 is 2.32 bits per heavy atom. The first-order chi connectivity index (χ1) is 10.6.